The van der Waals surface area contributed by atoms with Gasteiger partial charge in [-0.25, -0.2) is 0 Å². The highest BCUT2D eigenvalue weighted by Crippen LogP contribution is 2.53. The van der Waals surface area contributed by atoms with E-state index < -0.39 is 0 Å². The fourth-order valence-corrected chi connectivity index (χ4v) is 7.97. The molecule has 0 radical (unpaired) electrons. The second-order valence-electron chi connectivity index (χ2n) is 13.0. The molecule has 0 saturated heterocycles. The number of rotatable bonds is 4. The van der Waals surface area contributed by atoms with Crippen LogP contribution in [-0.2, 0) is 0 Å². The molecule has 10 rings (SSSR count). The molecule has 2 aliphatic heterocycles. The van der Waals surface area contributed by atoms with Crippen LogP contribution in [0.25, 0.3) is 66.6 Å². The highest BCUT2D eigenvalue weighted by Gasteiger charge is 2.32. The molecule has 0 bridgehead atoms. The Kier molecular flexibility index (Phi) is 6.56. The van der Waals surface area contributed by atoms with Crippen molar-refractivity contribution in [3.63, 3.8) is 0 Å². The first-order valence-corrected chi connectivity index (χ1v) is 17.2. The Morgan fingerprint density at radius 3 is 1.96 bits per heavy atom. The van der Waals surface area contributed by atoms with E-state index in [2.05, 4.69) is 197 Å². The van der Waals surface area contributed by atoms with Gasteiger partial charge in [-0.2, -0.15) is 0 Å². The maximum atomic E-state index is 3.73. The number of hydrogen-bond acceptors (Lipinski definition) is 2. The number of aromatic nitrogens is 1. The van der Waals surface area contributed by atoms with Crippen molar-refractivity contribution < 1.29 is 0 Å². The Hall–Kier alpha value is -6.58. The molecule has 0 aliphatic carbocycles. The maximum absolute atomic E-state index is 3.73. The summed E-state index contributed by atoms with van der Waals surface area (Å²) in [5.41, 5.74) is 15.5. The van der Waals surface area contributed by atoms with Gasteiger partial charge in [0.1, 0.15) is 0 Å². The van der Waals surface area contributed by atoms with Gasteiger partial charge >= 0.3 is 0 Å². The van der Waals surface area contributed by atoms with Crippen LogP contribution in [0, 0.1) is 0 Å². The van der Waals surface area contributed by atoms with Crippen LogP contribution in [0.2, 0.25) is 0 Å². The zero-order valence-corrected chi connectivity index (χ0v) is 27.4. The summed E-state index contributed by atoms with van der Waals surface area (Å²) in [6.45, 7) is 0.710. The number of para-hydroxylation sites is 3. The smallest absolute Gasteiger partial charge is 0.0641 e. The molecule has 3 nitrogen and oxygen atoms in total. The lowest BCUT2D eigenvalue weighted by Crippen LogP contribution is -2.28. The van der Waals surface area contributed by atoms with Crippen LogP contribution in [0.4, 0.5) is 11.4 Å². The summed E-state index contributed by atoms with van der Waals surface area (Å²) < 4.78 is 2.49. The zero-order chi connectivity index (χ0) is 33.0. The van der Waals surface area contributed by atoms with Crippen LogP contribution >= 0.6 is 0 Å². The third kappa shape index (κ3) is 4.44. The fourth-order valence-electron chi connectivity index (χ4n) is 7.97. The first kappa shape index (κ1) is 28.4. The summed E-state index contributed by atoms with van der Waals surface area (Å²) >= 11 is 0. The van der Waals surface area contributed by atoms with E-state index >= 15 is 0 Å². The summed E-state index contributed by atoms with van der Waals surface area (Å²) in [4.78, 5) is 2.46. The van der Waals surface area contributed by atoms with E-state index in [0.29, 0.717) is 6.54 Å². The van der Waals surface area contributed by atoms with Crippen molar-refractivity contribution in [2.24, 2.45) is 0 Å². The van der Waals surface area contributed by atoms with Gasteiger partial charge in [0.25, 0.3) is 0 Å². The van der Waals surface area contributed by atoms with E-state index in [4.69, 9.17) is 0 Å². The van der Waals surface area contributed by atoms with Crippen molar-refractivity contribution in [2.75, 3.05) is 11.4 Å². The number of fused-ring (bicyclic) bond motifs is 8. The summed E-state index contributed by atoms with van der Waals surface area (Å²) in [6.07, 6.45) is 4.49. The number of benzene rings is 7. The second kappa shape index (κ2) is 11.5. The number of nitrogens with one attached hydrogen (secondary N) is 1. The molecule has 0 spiro atoms. The molecule has 1 aromatic heterocycles. The summed E-state index contributed by atoms with van der Waals surface area (Å²) in [6, 6.07) is 61.5. The van der Waals surface area contributed by atoms with Gasteiger partial charge < -0.3 is 14.8 Å². The van der Waals surface area contributed by atoms with Gasteiger partial charge in [-0.15, -0.1) is 0 Å². The standard InChI is InChI=1S/C47H33N3/c1-2-15-33(16-3-1)42-29-28-36(31-48-42)49-43-25-9-6-21-39(43)46-40-22-7-10-26-44(40)50(47(46)41-23-8-11-27-45(41)49)35-19-12-18-34(30-35)38-24-13-17-32-14-4-5-20-37(32)38/h1-30,48H,31H2. The molecule has 0 saturated carbocycles. The molecule has 8 aromatic rings. The van der Waals surface area contributed by atoms with E-state index in [1.165, 1.54) is 72.1 Å². The van der Waals surface area contributed by atoms with Crippen LogP contribution in [0.3, 0.4) is 0 Å². The van der Waals surface area contributed by atoms with E-state index in [9.17, 15) is 0 Å². The Bertz CT molecular complexity index is 2650. The molecule has 3 heterocycles. The monoisotopic (exact) mass is 639 g/mol. The number of hydrogen-bond donors (Lipinski definition) is 1. The van der Waals surface area contributed by atoms with E-state index in [0.717, 1.165) is 17.1 Å². The van der Waals surface area contributed by atoms with E-state index in [1.807, 2.05) is 0 Å². The van der Waals surface area contributed by atoms with Gasteiger partial charge in [0.2, 0.25) is 0 Å². The fraction of sp³-hybridized carbons (Fsp3) is 0.0213. The SMILES string of the molecule is C1=C(c2ccccc2)NCC(N2c3ccccc3-c3c(n(-c4cccc(-c5cccc6ccccc56)c4)c4ccccc34)-c3ccccc32)=C1. The zero-order valence-electron chi connectivity index (χ0n) is 27.4. The molecule has 236 valence electrons. The summed E-state index contributed by atoms with van der Waals surface area (Å²) in [7, 11) is 0. The largest absolute Gasteiger partial charge is 0.379 e. The quantitative estimate of drug-likeness (QED) is 0.207. The van der Waals surface area contributed by atoms with Crippen molar-refractivity contribution in [3.05, 3.63) is 193 Å². The van der Waals surface area contributed by atoms with Crippen LogP contribution in [0.1, 0.15) is 5.56 Å². The predicted octanol–water partition coefficient (Wildman–Crippen LogP) is 11.8. The highest BCUT2D eigenvalue weighted by atomic mass is 15.2. The van der Waals surface area contributed by atoms with Crippen molar-refractivity contribution >= 4 is 38.7 Å². The molecule has 0 unspecified atom stereocenters. The van der Waals surface area contributed by atoms with Crippen molar-refractivity contribution in [3.8, 4) is 39.2 Å². The predicted molar refractivity (Wildman–Crippen MR) is 210 cm³/mol. The highest BCUT2D eigenvalue weighted by molar-refractivity contribution is 6.12. The molecule has 0 fully saturated rings. The number of nitrogens with zero attached hydrogens (tertiary/aromatic N) is 2. The Morgan fingerprint density at radius 1 is 0.480 bits per heavy atom. The van der Waals surface area contributed by atoms with Crippen molar-refractivity contribution in [2.45, 2.75) is 0 Å². The molecular formula is C47H33N3. The molecule has 7 aromatic carbocycles. The topological polar surface area (TPSA) is 20.2 Å². The Morgan fingerprint density at radius 2 is 1.12 bits per heavy atom. The third-order valence-corrected chi connectivity index (χ3v) is 10.2. The molecule has 1 N–H and O–H groups in total. The lowest BCUT2D eigenvalue weighted by atomic mass is 9.97. The Balaban J connectivity index is 1.22. The lowest BCUT2D eigenvalue weighted by molar-refractivity contribution is 0.909. The normalized spacial score (nSPS) is 13.5. The van der Waals surface area contributed by atoms with Gasteiger partial charge in [-0.1, -0.05) is 140 Å². The first-order valence-electron chi connectivity index (χ1n) is 17.2. The summed E-state index contributed by atoms with van der Waals surface area (Å²) in [5, 5.41) is 7.48. The van der Waals surface area contributed by atoms with Gasteiger partial charge in [0, 0.05) is 39.2 Å². The van der Waals surface area contributed by atoms with Gasteiger partial charge in [0.05, 0.1) is 29.1 Å². The molecule has 0 atom stereocenters. The summed E-state index contributed by atoms with van der Waals surface area (Å²) in [5.74, 6) is 0. The van der Waals surface area contributed by atoms with Crippen molar-refractivity contribution in [1.82, 2.24) is 9.88 Å². The number of dihydropyridines is 1. The lowest BCUT2D eigenvalue weighted by Gasteiger charge is -2.32. The minimum Gasteiger partial charge on any atom is -0.379 e. The first-order chi connectivity index (χ1) is 24.8. The van der Waals surface area contributed by atoms with E-state index in [1.54, 1.807) is 0 Å². The second-order valence-corrected chi connectivity index (χ2v) is 13.0. The number of allylic oxidation sites excluding steroid dienone is 2. The molecule has 2 aliphatic rings. The molecule has 0 amide bonds. The van der Waals surface area contributed by atoms with Crippen molar-refractivity contribution in [1.29, 1.82) is 0 Å². The molecule has 3 heteroatoms. The maximum Gasteiger partial charge on any atom is 0.0641 e. The minimum atomic E-state index is 0.710. The number of anilines is 2. The molecular weight excluding hydrogens is 607 g/mol. The third-order valence-electron chi connectivity index (χ3n) is 10.2. The average Bonchev–Trinajstić information content (AvgIpc) is 3.47. The average molecular weight is 640 g/mol. The van der Waals surface area contributed by atoms with E-state index in [-0.39, 0.29) is 0 Å². The van der Waals surface area contributed by atoms with Gasteiger partial charge in [-0.05, 0) is 69.9 Å². The van der Waals surface area contributed by atoms with Crippen LogP contribution in [-0.4, -0.2) is 11.1 Å². The van der Waals surface area contributed by atoms with Gasteiger partial charge in [0.15, 0.2) is 0 Å². The van der Waals surface area contributed by atoms with Crippen LogP contribution < -0.4 is 10.2 Å². The minimum absolute atomic E-state index is 0.710. The Labute approximate surface area is 291 Å². The van der Waals surface area contributed by atoms with Crippen LogP contribution in [0.5, 0.6) is 0 Å². The van der Waals surface area contributed by atoms with Gasteiger partial charge in [-0.3, -0.25) is 0 Å². The van der Waals surface area contributed by atoms with Crippen LogP contribution in [0.15, 0.2) is 188 Å². The molecule has 50 heavy (non-hydrogen) atoms.